The Kier molecular flexibility index (Phi) is 6.49. The summed E-state index contributed by atoms with van der Waals surface area (Å²) in [5, 5.41) is 20.6. The van der Waals surface area contributed by atoms with Crippen molar-refractivity contribution < 1.29 is 15.0 Å². The fraction of sp³-hybridized carbons (Fsp3) is 0.900. The molecular weight excluding hydrogens is 182 g/mol. The average Bonchev–Trinajstić information content (AvgIpc) is 2.10. The maximum atomic E-state index is 10.8. The lowest BCUT2D eigenvalue weighted by atomic mass is 10.0. The monoisotopic (exact) mass is 203 g/mol. The number of nitrogens with one attached hydrogen (secondary N) is 1. The number of hydrogen-bond acceptors (Lipinski definition) is 3. The molecule has 2 atom stereocenters. The molecule has 0 bridgehead atoms. The van der Waals surface area contributed by atoms with Gasteiger partial charge in [0.2, 0.25) is 0 Å². The highest BCUT2D eigenvalue weighted by Crippen LogP contribution is 2.05. The summed E-state index contributed by atoms with van der Waals surface area (Å²) in [5.41, 5.74) is 0. The smallest absolute Gasteiger partial charge is 0.320 e. The van der Waals surface area contributed by atoms with Crippen molar-refractivity contribution in [1.29, 1.82) is 0 Å². The SMILES string of the molecule is CC(C)CC(NCC(C)CO)C(=O)O. The van der Waals surface area contributed by atoms with Crippen molar-refractivity contribution >= 4 is 5.97 Å². The molecule has 0 heterocycles. The van der Waals surface area contributed by atoms with Crippen LogP contribution in [0.2, 0.25) is 0 Å². The number of aliphatic carboxylic acids is 1. The molecule has 0 aliphatic rings. The summed E-state index contributed by atoms with van der Waals surface area (Å²) in [5.74, 6) is -0.360. The van der Waals surface area contributed by atoms with Crippen LogP contribution in [0.1, 0.15) is 27.2 Å². The van der Waals surface area contributed by atoms with E-state index in [2.05, 4.69) is 5.32 Å². The molecule has 0 saturated carbocycles. The normalized spacial score (nSPS) is 15.5. The Balaban J connectivity index is 3.91. The Morgan fingerprint density at radius 2 is 1.93 bits per heavy atom. The quantitative estimate of drug-likeness (QED) is 0.570. The summed E-state index contributed by atoms with van der Waals surface area (Å²) >= 11 is 0. The van der Waals surface area contributed by atoms with Gasteiger partial charge in [0, 0.05) is 13.2 Å². The van der Waals surface area contributed by atoms with E-state index in [1.807, 2.05) is 20.8 Å². The molecule has 0 aliphatic carbocycles. The first-order valence-electron chi connectivity index (χ1n) is 5.04. The predicted octanol–water partition coefficient (Wildman–Crippen LogP) is 0.704. The molecule has 4 heteroatoms. The van der Waals surface area contributed by atoms with Gasteiger partial charge in [0.15, 0.2) is 0 Å². The van der Waals surface area contributed by atoms with Gasteiger partial charge in [-0.15, -0.1) is 0 Å². The first kappa shape index (κ1) is 13.4. The minimum Gasteiger partial charge on any atom is -0.480 e. The van der Waals surface area contributed by atoms with Gasteiger partial charge in [-0.2, -0.15) is 0 Å². The van der Waals surface area contributed by atoms with Crippen molar-refractivity contribution in [1.82, 2.24) is 5.32 Å². The van der Waals surface area contributed by atoms with Gasteiger partial charge in [0.25, 0.3) is 0 Å². The molecule has 14 heavy (non-hydrogen) atoms. The number of hydrogen-bond donors (Lipinski definition) is 3. The van der Waals surface area contributed by atoms with Crippen molar-refractivity contribution in [2.24, 2.45) is 11.8 Å². The summed E-state index contributed by atoms with van der Waals surface area (Å²) in [4.78, 5) is 10.8. The minimum absolute atomic E-state index is 0.0843. The minimum atomic E-state index is -0.816. The van der Waals surface area contributed by atoms with Gasteiger partial charge >= 0.3 is 5.97 Å². The standard InChI is InChI=1S/C10H21NO3/c1-7(2)4-9(10(13)14)11-5-8(3)6-12/h7-9,11-12H,4-6H2,1-3H3,(H,13,14). The first-order valence-corrected chi connectivity index (χ1v) is 5.04. The Bertz CT molecular complexity index is 171. The summed E-state index contributed by atoms with van der Waals surface area (Å²) in [7, 11) is 0. The van der Waals surface area contributed by atoms with Crippen molar-refractivity contribution in [3.05, 3.63) is 0 Å². The fourth-order valence-electron chi connectivity index (χ4n) is 1.15. The van der Waals surface area contributed by atoms with Gasteiger partial charge < -0.3 is 15.5 Å². The third-order valence-corrected chi connectivity index (χ3v) is 2.03. The fourth-order valence-corrected chi connectivity index (χ4v) is 1.15. The lowest BCUT2D eigenvalue weighted by molar-refractivity contribution is -0.140. The van der Waals surface area contributed by atoms with Crippen molar-refractivity contribution in [3.63, 3.8) is 0 Å². The van der Waals surface area contributed by atoms with Crippen molar-refractivity contribution in [2.45, 2.75) is 33.2 Å². The zero-order chi connectivity index (χ0) is 11.1. The highest BCUT2D eigenvalue weighted by molar-refractivity contribution is 5.73. The molecule has 0 spiro atoms. The second-order valence-electron chi connectivity index (χ2n) is 4.22. The molecule has 0 aromatic carbocycles. The number of carbonyl (C=O) groups is 1. The second-order valence-corrected chi connectivity index (χ2v) is 4.22. The van der Waals surface area contributed by atoms with Gasteiger partial charge in [-0.3, -0.25) is 4.79 Å². The lowest BCUT2D eigenvalue weighted by Crippen LogP contribution is -2.40. The van der Waals surface area contributed by atoms with Crippen LogP contribution in [0.15, 0.2) is 0 Å². The second kappa shape index (κ2) is 6.79. The molecule has 0 aliphatic heterocycles. The van der Waals surface area contributed by atoms with Crippen molar-refractivity contribution in [3.8, 4) is 0 Å². The first-order chi connectivity index (χ1) is 6.47. The van der Waals surface area contributed by atoms with E-state index in [0.29, 0.717) is 18.9 Å². The Hall–Kier alpha value is -0.610. The number of aliphatic hydroxyl groups excluding tert-OH is 1. The molecule has 0 fully saturated rings. The van der Waals surface area contributed by atoms with Crippen LogP contribution in [0.4, 0.5) is 0 Å². The predicted molar refractivity (Wildman–Crippen MR) is 55.1 cm³/mol. The van der Waals surface area contributed by atoms with Gasteiger partial charge in [0.05, 0.1) is 0 Å². The van der Waals surface area contributed by atoms with Gasteiger partial charge in [-0.1, -0.05) is 20.8 Å². The van der Waals surface area contributed by atoms with Crippen LogP contribution in [0.3, 0.4) is 0 Å². The molecular formula is C10H21NO3. The molecule has 2 unspecified atom stereocenters. The van der Waals surface area contributed by atoms with Gasteiger partial charge in [-0.05, 0) is 18.3 Å². The average molecular weight is 203 g/mol. The van der Waals surface area contributed by atoms with Crippen LogP contribution in [0.5, 0.6) is 0 Å². The molecule has 84 valence electrons. The van der Waals surface area contributed by atoms with Crippen LogP contribution >= 0.6 is 0 Å². The van der Waals surface area contributed by atoms with E-state index in [0.717, 1.165) is 0 Å². The summed E-state index contributed by atoms with van der Waals surface area (Å²) in [6.45, 7) is 6.49. The summed E-state index contributed by atoms with van der Waals surface area (Å²) in [6.07, 6.45) is 0.619. The zero-order valence-electron chi connectivity index (χ0n) is 9.16. The largest absolute Gasteiger partial charge is 0.480 e. The van der Waals surface area contributed by atoms with E-state index in [1.165, 1.54) is 0 Å². The van der Waals surface area contributed by atoms with E-state index < -0.39 is 12.0 Å². The third-order valence-electron chi connectivity index (χ3n) is 2.03. The van der Waals surface area contributed by atoms with Gasteiger partial charge in [-0.25, -0.2) is 0 Å². The molecule has 3 N–H and O–H groups in total. The zero-order valence-corrected chi connectivity index (χ0v) is 9.16. The van der Waals surface area contributed by atoms with E-state index in [9.17, 15) is 4.79 Å². The molecule has 0 aromatic rings. The van der Waals surface area contributed by atoms with Crippen molar-refractivity contribution in [2.75, 3.05) is 13.2 Å². The molecule has 0 saturated heterocycles. The number of carboxylic acids is 1. The molecule has 0 aromatic heterocycles. The van der Waals surface area contributed by atoms with E-state index in [1.54, 1.807) is 0 Å². The van der Waals surface area contributed by atoms with Crippen LogP contribution in [-0.2, 0) is 4.79 Å². The molecule has 0 rings (SSSR count). The highest BCUT2D eigenvalue weighted by atomic mass is 16.4. The topological polar surface area (TPSA) is 69.6 Å². The molecule has 0 radical (unpaired) electrons. The lowest BCUT2D eigenvalue weighted by Gasteiger charge is -2.18. The number of carboxylic acid groups (broad SMARTS) is 1. The van der Waals surface area contributed by atoms with Crippen LogP contribution in [-0.4, -0.2) is 35.4 Å². The summed E-state index contributed by atoms with van der Waals surface area (Å²) in [6, 6.07) is -0.496. The Labute approximate surface area is 85.3 Å². The highest BCUT2D eigenvalue weighted by Gasteiger charge is 2.18. The molecule has 0 amide bonds. The number of rotatable bonds is 7. The van der Waals surface area contributed by atoms with Crippen LogP contribution < -0.4 is 5.32 Å². The van der Waals surface area contributed by atoms with Crippen LogP contribution in [0.25, 0.3) is 0 Å². The molecule has 4 nitrogen and oxygen atoms in total. The maximum absolute atomic E-state index is 10.8. The maximum Gasteiger partial charge on any atom is 0.320 e. The Morgan fingerprint density at radius 3 is 2.29 bits per heavy atom. The van der Waals surface area contributed by atoms with E-state index in [-0.39, 0.29) is 12.5 Å². The van der Waals surface area contributed by atoms with E-state index >= 15 is 0 Å². The van der Waals surface area contributed by atoms with E-state index in [4.69, 9.17) is 10.2 Å². The van der Waals surface area contributed by atoms with Crippen LogP contribution in [0, 0.1) is 11.8 Å². The van der Waals surface area contributed by atoms with Gasteiger partial charge in [0.1, 0.15) is 6.04 Å². The Morgan fingerprint density at radius 1 is 1.36 bits per heavy atom. The number of aliphatic hydroxyl groups is 1. The summed E-state index contributed by atoms with van der Waals surface area (Å²) < 4.78 is 0. The third kappa shape index (κ3) is 5.94.